The molecule has 10 aromatic rings. The summed E-state index contributed by atoms with van der Waals surface area (Å²) < 4.78 is 12.1. The van der Waals surface area contributed by atoms with Crippen molar-refractivity contribution in [2.24, 2.45) is 7.05 Å². The lowest BCUT2D eigenvalue weighted by Crippen LogP contribution is -2.76. The van der Waals surface area contributed by atoms with Gasteiger partial charge in [-0.05, 0) is 73.6 Å². The van der Waals surface area contributed by atoms with Gasteiger partial charge in [0, 0.05) is 29.6 Å². The second kappa shape index (κ2) is 13.1. The first kappa shape index (κ1) is 34.4. The first-order valence-electron chi connectivity index (χ1n) is 19.9. The highest BCUT2D eigenvalue weighted by atomic mass is 28.3. The fourth-order valence-corrected chi connectivity index (χ4v) is 18.0. The van der Waals surface area contributed by atoms with Crippen molar-refractivity contribution in [2.45, 2.75) is 13.1 Å². The quantitative estimate of drug-likeness (QED) is 0.127. The van der Waals surface area contributed by atoms with E-state index in [9.17, 15) is 0 Å². The van der Waals surface area contributed by atoms with Gasteiger partial charge in [-0.15, -0.1) is 0 Å². The smallest absolute Gasteiger partial charge is 0.184 e. The van der Waals surface area contributed by atoms with Crippen LogP contribution in [0.1, 0.15) is 0 Å². The van der Waals surface area contributed by atoms with E-state index in [0.29, 0.717) is 0 Å². The molecule has 0 N–H and O–H groups in total. The van der Waals surface area contributed by atoms with Gasteiger partial charge in [-0.25, -0.2) is 9.97 Å². The molecule has 7 heteroatoms. The molecule has 0 bridgehead atoms. The zero-order valence-corrected chi connectivity index (χ0v) is 34.6. The third-order valence-corrected chi connectivity index (χ3v) is 20.6. The van der Waals surface area contributed by atoms with E-state index in [1.807, 2.05) is 12.3 Å². The standard InChI is InChI=1S/C51H40N4OSi2/c1-54-42-28-13-11-26-40(42)53-51(54)35-19-18-24-38(33-35)58(36-20-6-4-7-21-36,37-22-8-5-9-23-37)46-34-43-48(50-49(46)56-44-29-14-15-30-45(44)57(50,2)3)39-25-10-12-27-41(39)55(43)47-31-16-17-32-52-47/h4-34H,1-3H3. The molecular formula is C51H40N4OSi2. The zero-order valence-electron chi connectivity index (χ0n) is 32.6. The minimum atomic E-state index is -3.25. The number of hydrogen-bond donors (Lipinski definition) is 0. The SMILES string of the molecule is Cn1c(-c2cccc([Si](c3ccccc3)(c3ccccc3)c3cc4c(c5c3Oc3ccccc3[Si]5(C)C)c3ccccc3n4-c3ccccn3)c2)nc2ccccc21. The second-order valence-corrected chi connectivity index (χ2v) is 23.9. The van der Waals surface area contributed by atoms with Crippen molar-refractivity contribution in [1.29, 1.82) is 0 Å². The largest absolute Gasteiger partial charge is 0.458 e. The van der Waals surface area contributed by atoms with Gasteiger partial charge < -0.3 is 9.30 Å². The van der Waals surface area contributed by atoms with Crippen LogP contribution in [0.4, 0.5) is 0 Å². The number of imidazole rings is 1. The summed E-state index contributed by atoms with van der Waals surface area (Å²) in [6.45, 7) is 5.01. The van der Waals surface area contributed by atoms with E-state index >= 15 is 0 Å². The molecule has 1 aliphatic rings. The summed E-state index contributed by atoms with van der Waals surface area (Å²) in [6, 6.07) is 66.2. The molecule has 0 fully saturated rings. The minimum absolute atomic E-state index is 0.895. The third-order valence-electron chi connectivity index (χ3n) is 12.3. The Balaban J connectivity index is 1.34. The summed E-state index contributed by atoms with van der Waals surface area (Å²) in [5.74, 6) is 3.79. The van der Waals surface area contributed by atoms with Crippen molar-refractivity contribution in [1.82, 2.24) is 19.1 Å². The Morgan fingerprint density at radius 2 is 1.24 bits per heavy atom. The van der Waals surface area contributed by atoms with Crippen molar-refractivity contribution in [3.05, 3.63) is 188 Å². The highest BCUT2D eigenvalue weighted by Gasteiger charge is 2.49. The Morgan fingerprint density at radius 1 is 0.586 bits per heavy atom. The lowest BCUT2D eigenvalue weighted by atomic mass is 10.1. The number of ether oxygens (including phenoxy) is 1. The van der Waals surface area contributed by atoms with Crippen LogP contribution in [0.25, 0.3) is 50.0 Å². The number of nitrogens with zero attached hydrogens (tertiary/aromatic N) is 4. The predicted octanol–water partition coefficient (Wildman–Crippen LogP) is 8.04. The molecule has 0 radical (unpaired) electrons. The van der Waals surface area contributed by atoms with Crippen LogP contribution in [0.2, 0.25) is 13.1 Å². The summed E-state index contributed by atoms with van der Waals surface area (Å²) in [5.41, 5.74) is 5.46. The molecule has 0 aliphatic carbocycles. The number of benzene rings is 7. The van der Waals surface area contributed by atoms with Crippen molar-refractivity contribution in [3.63, 3.8) is 0 Å². The summed E-state index contributed by atoms with van der Waals surface area (Å²) in [7, 11) is -3.58. The molecule has 278 valence electrons. The monoisotopic (exact) mass is 780 g/mol. The highest BCUT2D eigenvalue weighted by Crippen LogP contribution is 2.38. The number of aromatic nitrogens is 4. The molecule has 0 saturated carbocycles. The van der Waals surface area contributed by atoms with Crippen LogP contribution >= 0.6 is 0 Å². The average Bonchev–Trinajstić information content (AvgIpc) is 3.79. The van der Waals surface area contributed by atoms with Crippen LogP contribution in [0.3, 0.4) is 0 Å². The maximum atomic E-state index is 7.49. The first-order chi connectivity index (χ1) is 28.5. The predicted molar refractivity (Wildman–Crippen MR) is 245 cm³/mol. The van der Waals surface area contributed by atoms with Gasteiger partial charge in [0.1, 0.15) is 31.2 Å². The van der Waals surface area contributed by atoms with Gasteiger partial charge in [-0.3, -0.25) is 4.57 Å². The molecule has 0 spiro atoms. The van der Waals surface area contributed by atoms with Gasteiger partial charge in [0.05, 0.1) is 22.1 Å². The lowest BCUT2D eigenvalue weighted by molar-refractivity contribution is 0.491. The van der Waals surface area contributed by atoms with E-state index < -0.39 is 16.1 Å². The van der Waals surface area contributed by atoms with Gasteiger partial charge in [0.2, 0.25) is 0 Å². The Labute approximate surface area is 339 Å². The van der Waals surface area contributed by atoms with Gasteiger partial charge >= 0.3 is 0 Å². The first-order valence-corrected chi connectivity index (χ1v) is 24.9. The van der Waals surface area contributed by atoms with E-state index in [0.717, 1.165) is 50.8 Å². The molecule has 1 aliphatic heterocycles. The average molecular weight is 781 g/mol. The van der Waals surface area contributed by atoms with E-state index in [4.69, 9.17) is 14.7 Å². The number of aryl methyl sites for hydroxylation is 1. The second-order valence-electron chi connectivity index (χ2n) is 15.8. The van der Waals surface area contributed by atoms with Crippen LogP contribution in [0.5, 0.6) is 11.5 Å². The fourth-order valence-electron chi connectivity index (χ4n) is 9.78. The Bertz CT molecular complexity index is 3150. The Morgan fingerprint density at radius 3 is 1.98 bits per heavy atom. The normalized spacial score (nSPS) is 13.4. The number of pyridine rings is 1. The number of fused-ring (bicyclic) bond motifs is 7. The molecule has 0 atom stereocenters. The van der Waals surface area contributed by atoms with Crippen molar-refractivity contribution in [2.75, 3.05) is 0 Å². The van der Waals surface area contributed by atoms with Crippen LogP contribution < -0.4 is 35.9 Å². The molecule has 5 nitrogen and oxygen atoms in total. The molecule has 0 saturated heterocycles. The van der Waals surface area contributed by atoms with Crippen molar-refractivity contribution >= 4 is 80.1 Å². The minimum Gasteiger partial charge on any atom is -0.458 e. The van der Waals surface area contributed by atoms with E-state index in [2.05, 4.69) is 205 Å². The number of hydrogen-bond acceptors (Lipinski definition) is 3. The molecule has 4 heterocycles. The Hall–Kier alpha value is -6.81. The summed E-state index contributed by atoms with van der Waals surface area (Å²) in [4.78, 5) is 10.2. The van der Waals surface area contributed by atoms with Crippen LogP contribution in [-0.2, 0) is 7.05 Å². The molecule has 58 heavy (non-hydrogen) atoms. The van der Waals surface area contributed by atoms with Gasteiger partial charge in [0.15, 0.2) is 8.07 Å². The molecule has 3 aromatic heterocycles. The maximum Gasteiger partial charge on any atom is 0.184 e. The highest BCUT2D eigenvalue weighted by molar-refractivity contribution is 7.20. The molecule has 11 rings (SSSR count). The van der Waals surface area contributed by atoms with Crippen LogP contribution in [0, 0.1) is 0 Å². The van der Waals surface area contributed by atoms with E-state index in [1.165, 1.54) is 41.9 Å². The number of rotatable bonds is 6. The fraction of sp³-hybridized carbons (Fsp3) is 0.0588. The summed E-state index contributed by atoms with van der Waals surface area (Å²) in [5, 5.41) is 10.2. The third kappa shape index (κ3) is 4.93. The number of para-hydroxylation sites is 4. The van der Waals surface area contributed by atoms with Gasteiger partial charge in [-0.1, -0.05) is 153 Å². The molecule has 0 unspecified atom stereocenters. The van der Waals surface area contributed by atoms with E-state index in [1.54, 1.807) is 0 Å². The Kier molecular flexibility index (Phi) is 7.80. The summed E-state index contributed by atoms with van der Waals surface area (Å²) in [6.07, 6.45) is 1.90. The molecular weight excluding hydrogens is 741 g/mol. The van der Waals surface area contributed by atoms with Crippen LogP contribution in [0.15, 0.2) is 188 Å². The summed E-state index contributed by atoms with van der Waals surface area (Å²) >= 11 is 0. The van der Waals surface area contributed by atoms with Crippen molar-refractivity contribution in [3.8, 4) is 28.7 Å². The van der Waals surface area contributed by atoms with Gasteiger partial charge in [-0.2, -0.15) is 0 Å². The van der Waals surface area contributed by atoms with Gasteiger partial charge in [0.25, 0.3) is 0 Å². The van der Waals surface area contributed by atoms with E-state index in [-0.39, 0.29) is 0 Å². The molecule has 7 aromatic carbocycles. The zero-order chi connectivity index (χ0) is 39.0. The topological polar surface area (TPSA) is 44.9 Å². The maximum absolute atomic E-state index is 7.49. The van der Waals surface area contributed by atoms with Crippen molar-refractivity contribution < 1.29 is 4.74 Å². The lowest BCUT2D eigenvalue weighted by Gasteiger charge is -2.40. The van der Waals surface area contributed by atoms with Crippen LogP contribution in [-0.4, -0.2) is 35.2 Å². The molecule has 0 amide bonds.